The third kappa shape index (κ3) is 5.48. The highest BCUT2D eigenvalue weighted by atomic mass is 16.5. The first-order valence-electron chi connectivity index (χ1n) is 9.25. The van der Waals surface area contributed by atoms with Crippen molar-refractivity contribution < 1.29 is 20.2 Å². The number of ketones is 1. The Morgan fingerprint density at radius 2 is 1.79 bits per heavy atom. The maximum atomic E-state index is 12.7. The first kappa shape index (κ1) is 21.8. The minimum atomic E-state index is -1.09. The molecule has 1 N–H and O–H groups in total. The maximum Gasteiger partial charge on any atom is 0.293 e. The van der Waals surface area contributed by atoms with Crippen LogP contribution in [0.5, 0.6) is 11.5 Å². The topological polar surface area (TPSA) is 105 Å². The monoisotopic (exact) mass is 393 g/mol. The van der Waals surface area contributed by atoms with Crippen LogP contribution in [0.25, 0.3) is 11.1 Å². The third-order valence-electron chi connectivity index (χ3n) is 4.47. The second-order valence-corrected chi connectivity index (χ2v) is 6.80. The van der Waals surface area contributed by atoms with Crippen molar-refractivity contribution in [2.24, 2.45) is 5.92 Å². The average molecular weight is 393 g/mol. The second kappa shape index (κ2) is 9.59. The molecular weight excluding hydrogens is 370 g/mol. The van der Waals surface area contributed by atoms with Crippen LogP contribution in [0.3, 0.4) is 0 Å². The van der Waals surface area contributed by atoms with E-state index in [0.717, 1.165) is 24.3 Å². The number of rotatable bonds is 7. The van der Waals surface area contributed by atoms with E-state index in [0.29, 0.717) is 11.5 Å². The highest BCUT2D eigenvalue weighted by molar-refractivity contribution is 6.07. The highest BCUT2D eigenvalue weighted by Crippen LogP contribution is 2.29. The molecule has 0 saturated carbocycles. The van der Waals surface area contributed by atoms with Gasteiger partial charge < -0.3 is 15.4 Å². The summed E-state index contributed by atoms with van der Waals surface area (Å²) in [4.78, 5) is 24.6. The number of pyridine rings is 1. The van der Waals surface area contributed by atoms with Gasteiger partial charge in [-0.3, -0.25) is 9.59 Å². The minimum absolute atomic E-state index is 0.0493. The lowest BCUT2D eigenvalue weighted by Gasteiger charge is -2.18. The number of allylic oxidation sites excluding steroid dienone is 6. The predicted octanol–water partition coefficient (Wildman–Crippen LogP) is 3.19. The van der Waals surface area contributed by atoms with E-state index in [4.69, 9.17) is 0 Å². The molecule has 2 rings (SSSR count). The molecule has 1 atom stereocenters. The predicted molar refractivity (Wildman–Crippen MR) is 108 cm³/mol. The Morgan fingerprint density at radius 3 is 2.41 bits per heavy atom. The average Bonchev–Trinajstić information content (AvgIpc) is 2.69. The van der Waals surface area contributed by atoms with Crippen molar-refractivity contribution in [3.63, 3.8) is 0 Å². The highest BCUT2D eigenvalue weighted by Gasteiger charge is 2.15. The number of carbonyl (C=O) groups excluding carboxylic acids is 1. The Hall–Kier alpha value is -3.54. The van der Waals surface area contributed by atoms with E-state index in [2.05, 4.69) is 19.9 Å². The molecule has 0 saturated heterocycles. The molecule has 1 aromatic carbocycles. The fourth-order valence-corrected chi connectivity index (χ4v) is 2.70. The molecule has 1 heterocycles. The molecule has 0 aliphatic heterocycles. The van der Waals surface area contributed by atoms with Crippen LogP contribution in [0.2, 0.25) is 0 Å². The van der Waals surface area contributed by atoms with Crippen LogP contribution in [-0.4, -0.2) is 15.7 Å². The van der Waals surface area contributed by atoms with E-state index in [1.807, 2.05) is 13.0 Å². The summed E-state index contributed by atoms with van der Waals surface area (Å²) in [6, 6.07) is 5.29. The van der Waals surface area contributed by atoms with E-state index in [1.54, 1.807) is 6.08 Å². The molecule has 6 heteroatoms. The van der Waals surface area contributed by atoms with Crippen molar-refractivity contribution in [3.8, 4) is 22.6 Å². The molecule has 0 radical (unpaired) electrons. The van der Waals surface area contributed by atoms with Gasteiger partial charge in [-0.2, -0.15) is 4.73 Å². The van der Waals surface area contributed by atoms with Gasteiger partial charge in [-0.15, -0.1) is 5.75 Å². The van der Waals surface area contributed by atoms with Crippen LogP contribution >= 0.6 is 0 Å². The van der Waals surface area contributed by atoms with E-state index < -0.39 is 22.7 Å². The molecule has 0 aliphatic carbocycles. The van der Waals surface area contributed by atoms with Gasteiger partial charge >= 0.3 is 0 Å². The quantitative estimate of drug-likeness (QED) is 0.337. The van der Waals surface area contributed by atoms with Gasteiger partial charge in [0, 0.05) is 0 Å². The fraction of sp³-hybridized carbons (Fsp3) is 0.217. The van der Waals surface area contributed by atoms with E-state index in [-0.39, 0.29) is 16.0 Å². The molecule has 6 nitrogen and oxygen atoms in total. The summed E-state index contributed by atoms with van der Waals surface area (Å²) in [6.45, 7) is 6.13. The molecule has 0 bridgehead atoms. The summed E-state index contributed by atoms with van der Waals surface area (Å²) in [7, 11) is 0. The first-order valence-corrected chi connectivity index (χ1v) is 9.25. The number of carbonyl (C=O) groups is 1. The van der Waals surface area contributed by atoms with Gasteiger partial charge in [-0.1, -0.05) is 80.2 Å². The number of benzene rings is 1. The van der Waals surface area contributed by atoms with Crippen LogP contribution in [0.4, 0.5) is 0 Å². The zero-order valence-corrected chi connectivity index (χ0v) is 16.6. The Kier molecular flexibility index (Phi) is 7.20. The van der Waals surface area contributed by atoms with Crippen molar-refractivity contribution in [1.82, 2.24) is 4.73 Å². The van der Waals surface area contributed by atoms with Gasteiger partial charge in [-0.05, 0) is 30.0 Å². The van der Waals surface area contributed by atoms with Gasteiger partial charge in [0.2, 0.25) is 0 Å². The lowest BCUT2D eigenvalue weighted by molar-refractivity contribution is -0.269. The van der Waals surface area contributed by atoms with E-state index in [1.165, 1.54) is 30.3 Å². The lowest BCUT2D eigenvalue weighted by atomic mass is 10.0. The Bertz CT molecular complexity index is 1030. The minimum Gasteiger partial charge on any atom is -0.872 e. The molecule has 1 unspecified atom stereocenters. The van der Waals surface area contributed by atoms with Crippen molar-refractivity contribution in [2.75, 3.05) is 0 Å². The number of hydrogen-bond donors (Lipinski definition) is 1. The molecule has 1 aromatic heterocycles. The largest absolute Gasteiger partial charge is 0.872 e. The molecular formula is C23H23NO5-2. The molecule has 0 fully saturated rings. The molecule has 152 valence electrons. The van der Waals surface area contributed by atoms with Crippen LogP contribution in [0, 0.1) is 5.92 Å². The van der Waals surface area contributed by atoms with E-state index in [9.17, 15) is 25.0 Å². The first-order chi connectivity index (χ1) is 13.7. The van der Waals surface area contributed by atoms with E-state index >= 15 is 0 Å². The van der Waals surface area contributed by atoms with Crippen molar-refractivity contribution in [3.05, 3.63) is 82.3 Å². The molecule has 2 aromatic rings. The van der Waals surface area contributed by atoms with Crippen LogP contribution in [0.1, 0.15) is 37.6 Å². The second-order valence-electron chi connectivity index (χ2n) is 6.80. The van der Waals surface area contributed by atoms with Crippen molar-refractivity contribution >= 4 is 5.78 Å². The van der Waals surface area contributed by atoms with Crippen molar-refractivity contribution in [1.29, 1.82) is 0 Å². The fourth-order valence-electron chi connectivity index (χ4n) is 2.70. The smallest absolute Gasteiger partial charge is 0.293 e. The van der Waals surface area contributed by atoms with Gasteiger partial charge in [-0.25, -0.2) is 0 Å². The Labute approximate surface area is 169 Å². The number of aromatic nitrogens is 1. The van der Waals surface area contributed by atoms with Crippen LogP contribution in [0.15, 0.2) is 71.2 Å². The molecule has 0 amide bonds. The van der Waals surface area contributed by atoms with Gasteiger partial charge in [0.15, 0.2) is 5.78 Å². The zero-order valence-electron chi connectivity index (χ0n) is 16.6. The van der Waals surface area contributed by atoms with Crippen molar-refractivity contribution in [2.45, 2.75) is 27.2 Å². The summed E-state index contributed by atoms with van der Waals surface area (Å²) < 4.78 is 0.206. The van der Waals surface area contributed by atoms with Gasteiger partial charge in [0.25, 0.3) is 5.56 Å². The summed E-state index contributed by atoms with van der Waals surface area (Å²) >= 11 is 0. The molecule has 0 spiro atoms. The van der Waals surface area contributed by atoms with Crippen LogP contribution < -0.4 is 15.8 Å². The Balaban J connectivity index is 2.34. The maximum absolute atomic E-state index is 12.7. The lowest BCUT2D eigenvalue weighted by Crippen LogP contribution is -2.26. The summed E-state index contributed by atoms with van der Waals surface area (Å²) in [5.41, 5.74) is -0.450. The summed E-state index contributed by atoms with van der Waals surface area (Å²) in [6.07, 6.45) is 10.1. The molecule has 29 heavy (non-hydrogen) atoms. The molecule has 0 aliphatic rings. The van der Waals surface area contributed by atoms with Crippen LogP contribution in [-0.2, 0) is 0 Å². The third-order valence-corrected chi connectivity index (χ3v) is 4.47. The zero-order chi connectivity index (χ0) is 21.6. The summed E-state index contributed by atoms with van der Waals surface area (Å²) in [5, 5.41) is 33.8. The normalized spacial score (nSPS) is 13.3. The number of nitrogens with zero attached hydrogens (tertiary/aromatic N) is 1. The van der Waals surface area contributed by atoms with Gasteiger partial charge in [0.1, 0.15) is 0 Å². The SMILES string of the molecule is CCC(C)/C=C(C)/C=C/C=C/C(=O)c1c([O-])c(-c2ccc([O-])cc2)cn(O)c1=O. The standard InChI is InChI=1S/C23H25NO5/c1-4-15(2)13-16(3)7-5-6-8-20(26)21-22(27)19(14-24(29)23(21)28)17-9-11-18(25)12-10-17/h5-15,25,27,29H,4H2,1-3H3/p-2/b7-5+,8-6+,16-13+. The van der Waals surface area contributed by atoms with Gasteiger partial charge in [0.05, 0.1) is 11.8 Å². The Morgan fingerprint density at radius 1 is 1.17 bits per heavy atom. The summed E-state index contributed by atoms with van der Waals surface area (Å²) in [5.74, 6) is -1.42. The number of hydrogen-bond acceptors (Lipinski definition) is 5.